The first-order valence-electron chi connectivity index (χ1n) is 16.4. The van der Waals surface area contributed by atoms with Crippen LogP contribution in [0.1, 0.15) is 83.3 Å². The van der Waals surface area contributed by atoms with Gasteiger partial charge in [-0.05, 0) is 44.6 Å². The van der Waals surface area contributed by atoms with Gasteiger partial charge in [-0.25, -0.2) is 4.98 Å². The summed E-state index contributed by atoms with van der Waals surface area (Å²) >= 11 is 1.51. The number of amides is 3. The van der Waals surface area contributed by atoms with Crippen LogP contribution in [0.2, 0.25) is 0 Å². The minimum Gasteiger partial charge on any atom is -0.390 e. The molecule has 0 aliphatic carbocycles. The molecular weight excluding hydrogens is 604 g/mol. The molecular formula is C35H54N4O6S. The van der Waals surface area contributed by atoms with Gasteiger partial charge in [-0.3, -0.25) is 14.4 Å². The largest absolute Gasteiger partial charge is 0.390 e. The molecule has 2 aromatic rings. The molecule has 1 saturated heterocycles. The van der Waals surface area contributed by atoms with Crippen molar-refractivity contribution in [1.29, 1.82) is 0 Å². The summed E-state index contributed by atoms with van der Waals surface area (Å²) in [5.41, 5.74) is -0.0470. The highest BCUT2D eigenvalue weighted by Crippen LogP contribution is 2.30. The van der Waals surface area contributed by atoms with Crippen molar-refractivity contribution in [3.63, 3.8) is 0 Å². The summed E-state index contributed by atoms with van der Waals surface area (Å²) in [6.45, 7) is 9.73. The van der Waals surface area contributed by atoms with Crippen LogP contribution in [0.15, 0.2) is 41.9 Å². The number of thiazole rings is 1. The number of likely N-dealkylation sites (N-methyl/N-ethyl adjacent to an activating group) is 1. The Morgan fingerprint density at radius 3 is 2.43 bits per heavy atom. The van der Waals surface area contributed by atoms with Crippen molar-refractivity contribution in [1.82, 2.24) is 20.1 Å². The molecule has 1 fully saturated rings. The Bertz CT molecular complexity index is 1240. The quantitative estimate of drug-likeness (QED) is 0.254. The predicted octanol–water partition coefficient (Wildman–Crippen LogP) is 4.62. The van der Waals surface area contributed by atoms with Gasteiger partial charge in [-0.1, -0.05) is 57.5 Å². The monoisotopic (exact) mass is 658 g/mol. The number of benzene rings is 1. The summed E-state index contributed by atoms with van der Waals surface area (Å²) in [6.07, 6.45) is 3.67. The second kappa shape index (κ2) is 17.3. The van der Waals surface area contributed by atoms with Crippen LogP contribution in [-0.2, 0) is 30.3 Å². The van der Waals surface area contributed by atoms with Gasteiger partial charge in [-0.15, -0.1) is 11.3 Å². The zero-order chi connectivity index (χ0) is 34.0. The highest BCUT2D eigenvalue weighted by atomic mass is 32.1. The number of ether oxygens (including phenoxy) is 2. The van der Waals surface area contributed by atoms with E-state index < -0.39 is 23.7 Å². The second-order valence-corrected chi connectivity index (χ2v) is 14.2. The van der Waals surface area contributed by atoms with Crippen LogP contribution in [0.4, 0.5) is 0 Å². The molecule has 2 N–H and O–H groups in total. The lowest BCUT2D eigenvalue weighted by molar-refractivity contribution is -0.147. The average molecular weight is 659 g/mol. The van der Waals surface area contributed by atoms with E-state index in [4.69, 9.17) is 9.47 Å². The molecule has 1 aliphatic rings. The van der Waals surface area contributed by atoms with Crippen LogP contribution in [0, 0.1) is 11.8 Å². The first-order chi connectivity index (χ1) is 21.8. The Labute approximate surface area is 278 Å². The predicted molar refractivity (Wildman–Crippen MR) is 180 cm³/mol. The van der Waals surface area contributed by atoms with E-state index in [1.807, 2.05) is 61.4 Å². The van der Waals surface area contributed by atoms with Gasteiger partial charge in [0.15, 0.2) is 0 Å². The van der Waals surface area contributed by atoms with Crippen molar-refractivity contribution in [2.75, 3.05) is 27.8 Å². The van der Waals surface area contributed by atoms with Gasteiger partial charge in [0.05, 0.1) is 54.7 Å². The normalized spacial score (nSPS) is 19.2. The Hall–Kier alpha value is -2.86. The first-order valence-corrected chi connectivity index (χ1v) is 17.3. The molecule has 2 heterocycles. The smallest absolute Gasteiger partial charge is 0.226 e. The number of nitrogens with one attached hydrogen (secondary N) is 1. The number of carbonyl (C=O) groups excluding carboxylic acids is 3. The third kappa shape index (κ3) is 10.1. The Kier molecular flexibility index (Phi) is 14.2. The van der Waals surface area contributed by atoms with Gasteiger partial charge in [0, 0.05) is 39.4 Å². The van der Waals surface area contributed by atoms with Gasteiger partial charge in [0.2, 0.25) is 17.7 Å². The summed E-state index contributed by atoms with van der Waals surface area (Å²) in [6, 6.07) is 9.09. The van der Waals surface area contributed by atoms with E-state index in [1.54, 1.807) is 46.2 Å². The molecule has 0 spiro atoms. The highest BCUT2D eigenvalue weighted by molar-refractivity contribution is 7.09. The minimum atomic E-state index is -1.15. The van der Waals surface area contributed by atoms with E-state index in [-0.39, 0.29) is 54.6 Å². The van der Waals surface area contributed by atoms with E-state index in [0.717, 1.165) is 29.8 Å². The van der Waals surface area contributed by atoms with Crippen molar-refractivity contribution >= 4 is 29.1 Å². The van der Waals surface area contributed by atoms with Gasteiger partial charge in [0.25, 0.3) is 0 Å². The SMILES string of the molecule is CCC(C)C(C(CC(=O)N1CCCC1C(OC)C(C)C(=O)N[C@@H](Cc1ccccc1)c1nccs1)OC)N(C)C(=O)CC(C)(C)O. The lowest BCUT2D eigenvalue weighted by Crippen LogP contribution is -2.53. The van der Waals surface area contributed by atoms with E-state index in [1.165, 1.54) is 11.3 Å². The van der Waals surface area contributed by atoms with Crippen LogP contribution in [-0.4, -0.2) is 95.3 Å². The molecule has 7 atom stereocenters. The van der Waals surface area contributed by atoms with Crippen molar-refractivity contribution in [3.05, 3.63) is 52.5 Å². The molecule has 3 rings (SSSR count). The molecule has 11 heteroatoms. The van der Waals surface area contributed by atoms with Crippen LogP contribution in [0.5, 0.6) is 0 Å². The maximum atomic E-state index is 14.0. The fourth-order valence-electron chi connectivity index (χ4n) is 6.58. The maximum Gasteiger partial charge on any atom is 0.226 e. The number of aliphatic hydroxyl groups is 1. The number of rotatable bonds is 17. The van der Waals surface area contributed by atoms with Crippen LogP contribution >= 0.6 is 11.3 Å². The van der Waals surface area contributed by atoms with Crippen molar-refractivity contribution in [3.8, 4) is 0 Å². The molecule has 6 unspecified atom stereocenters. The molecule has 1 aliphatic heterocycles. The van der Waals surface area contributed by atoms with Crippen LogP contribution in [0.25, 0.3) is 0 Å². The van der Waals surface area contributed by atoms with Gasteiger partial charge in [0.1, 0.15) is 5.01 Å². The van der Waals surface area contributed by atoms with E-state index in [2.05, 4.69) is 10.3 Å². The zero-order valence-electron chi connectivity index (χ0n) is 28.8. The second-order valence-electron chi connectivity index (χ2n) is 13.3. The molecule has 46 heavy (non-hydrogen) atoms. The Morgan fingerprint density at radius 1 is 1.17 bits per heavy atom. The van der Waals surface area contributed by atoms with Crippen LogP contribution in [0.3, 0.4) is 0 Å². The van der Waals surface area contributed by atoms with Crippen molar-refractivity contribution in [2.45, 2.75) is 109 Å². The van der Waals surface area contributed by atoms with Gasteiger partial charge < -0.3 is 29.7 Å². The molecule has 1 aromatic carbocycles. The number of methoxy groups -OCH3 is 2. The summed E-state index contributed by atoms with van der Waals surface area (Å²) in [7, 11) is 4.89. The average Bonchev–Trinajstić information content (AvgIpc) is 3.73. The fraction of sp³-hybridized carbons (Fsp3) is 0.657. The van der Waals surface area contributed by atoms with E-state index >= 15 is 0 Å². The molecule has 10 nitrogen and oxygen atoms in total. The molecule has 1 aromatic heterocycles. The van der Waals surface area contributed by atoms with Gasteiger partial charge in [-0.2, -0.15) is 0 Å². The standard InChI is InChI=1S/C35H54N4O6S/c1-9-23(2)31(38(6)30(41)22-35(4,5)43)28(44-7)21-29(40)39-18-13-16-27(39)32(45-8)24(3)33(42)37-26(34-36-17-19-46-34)20-25-14-11-10-12-15-25/h10-12,14-15,17,19,23-24,26-28,31-32,43H,9,13,16,18,20-22H2,1-8H3,(H,37,42)/t23?,24?,26-,27?,28?,31?,32?/m0/s1. The van der Waals surface area contributed by atoms with Crippen LogP contribution < -0.4 is 5.32 Å². The molecule has 256 valence electrons. The number of nitrogens with zero attached hydrogens (tertiary/aromatic N) is 3. The number of aromatic nitrogens is 1. The van der Waals surface area contributed by atoms with Crippen molar-refractivity contribution < 1.29 is 29.0 Å². The third-order valence-corrected chi connectivity index (χ3v) is 10.1. The third-order valence-electron chi connectivity index (χ3n) is 9.24. The van der Waals surface area contributed by atoms with E-state index in [9.17, 15) is 19.5 Å². The lowest BCUT2D eigenvalue weighted by Gasteiger charge is -2.40. The highest BCUT2D eigenvalue weighted by Gasteiger charge is 2.42. The fourth-order valence-corrected chi connectivity index (χ4v) is 7.27. The maximum absolute atomic E-state index is 14.0. The molecule has 0 saturated carbocycles. The summed E-state index contributed by atoms with van der Waals surface area (Å²) in [5, 5.41) is 16.2. The summed E-state index contributed by atoms with van der Waals surface area (Å²) in [4.78, 5) is 48.7. The topological polar surface area (TPSA) is 121 Å². The lowest BCUT2D eigenvalue weighted by atomic mass is 9.89. The number of hydrogen-bond donors (Lipinski definition) is 2. The molecule has 3 amide bonds. The zero-order valence-corrected chi connectivity index (χ0v) is 29.6. The number of likely N-dealkylation sites (tertiary alicyclic amines) is 1. The Morgan fingerprint density at radius 2 is 1.87 bits per heavy atom. The van der Waals surface area contributed by atoms with E-state index in [0.29, 0.717) is 13.0 Å². The van der Waals surface area contributed by atoms with Crippen molar-refractivity contribution in [2.24, 2.45) is 11.8 Å². The Balaban J connectivity index is 1.75. The number of hydrogen-bond acceptors (Lipinski definition) is 8. The molecule has 0 bridgehead atoms. The van der Waals surface area contributed by atoms with Gasteiger partial charge >= 0.3 is 0 Å². The summed E-state index contributed by atoms with van der Waals surface area (Å²) < 4.78 is 11.9. The first kappa shape index (κ1) is 37.6. The summed E-state index contributed by atoms with van der Waals surface area (Å²) in [5.74, 6) is -0.918. The number of carbonyl (C=O) groups is 3. The molecule has 0 radical (unpaired) electrons. The minimum absolute atomic E-state index is 0.0285.